The van der Waals surface area contributed by atoms with Crippen molar-refractivity contribution in [1.29, 1.82) is 0 Å². The maximum atomic E-state index is 12.9. The summed E-state index contributed by atoms with van der Waals surface area (Å²) in [4.78, 5) is 5.15. The van der Waals surface area contributed by atoms with Crippen molar-refractivity contribution in [2.24, 2.45) is 5.16 Å². The first-order valence-electron chi connectivity index (χ1n) is 6.51. The van der Waals surface area contributed by atoms with E-state index in [1.54, 1.807) is 12.3 Å². The van der Waals surface area contributed by atoms with Gasteiger partial charge in [0.05, 0.1) is 17.8 Å². The highest BCUT2D eigenvalue weighted by atomic mass is 35.5. The fourth-order valence-corrected chi connectivity index (χ4v) is 1.88. The van der Waals surface area contributed by atoms with Crippen LogP contribution < -0.4 is 4.74 Å². The Morgan fingerprint density at radius 2 is 1.95 bits per heavy atom. The van der Waals surface area contributed by atoms with Crippen molar-refractivity contribution in [3.05, 3.63) is 64.4 Å². The van der Waals surface area contributed by atoms with Gasteiger partial charge in [-0.05, 0) is 48.9 Å². The Morgan fingerprint density at radius 3 is 2.62 bits per heavy atom. The summed E-state index contributed by atoms with van der Waals surface area (Å²) in [5, 5.41) is 4.18. The Labute approximate surface area is 127 Å². The monoisotopic (exact) mass is 307 g/mol. The molecule has 0 N–H and O–H groups in total. The fourth-order valence-electron chi connectivity index (χ4n) is 1.66. The fraction of sp³-hybridized carbons (Fsp3) is 0.188. The van der Waals surface area contributed by atoms with Crippen molar-refractivity contribution in [2.45, 2.75) is 13.5 Å². The predicted octanol–water partition coefficient (Wildman–Crippen LogP) is 4.43. The van der Waals surface area contributed by atoms with Gasteiger partial charge >= 0.3 is 0 Å². The molecule has 0 aliphatic heterocycles. The van der Waals surface area contributed by atoms with Crippen LogP contribution in [0.25, 0.3) is 0 Å². The second-order valence-corrected chi connectivity index (χ2v) is 4.65. The van der Waals surface area contributed by atoms with E-state index in [4.69, 9.17) is 21.2 Å². The van der Waals surface area contributed by atoms with Crippen LogP contribution in [0.5, 0.6) is 5.75 Å². The number of hydrogen-bond donors (Lipinski definition) is 0. The van der Waals surface area contributed by atoms with Crippen LogP contribution in [0.2, 0.25) is 5.02 Å². The highest BCUT2D eigenvalue weighted by Crippen LogP contribution is 2.18. The summed E-state index contributed by atoms with van der Waals surface area (Å²) in [5.74, 6) is 0.440. The molecular formula is C16H15ClFNO2. The molecule has 0 saturated heterocycles. The molecule has 0 atom stereocenters. The van der Waals surface area contributed by atoms with Gasteiger partial charge in [-0.1, -0.05) is 22.8 Å². The molecule has 0 unspecified atom stereocenters. The summed E-state index contributed by atoms with van der Waals surface area (Å²) in [5.41, 5.74) is 1.57. The SMILES string of the molecule is CCOc1ccc(C=NOCc2ccc(F)cc2Cl)cc1. The van der Waals surface area contributed by atoms with Gasteiger partial charge in [-0.15, -0.1) is 0 Å². The Balaban J connectivity index is 1.87. The van der Waals surface area contributed by atoms with Gasteiger partial charge in [0, 0.05) is 5.56 Å². The third-order valence-electron chi connectivity index (χ3n) is 2.70. The van der Waals surface area contributed by atoms with Crippen LogP contribution in [0.3, 0.4) is 0 Å². The third kappa shape index (κ3) is 4.76. The van der Waals surface area contributed by atoms with E-state index in [2.05, 4.69) is 5.16 Å². The summed E-state index contributed by atoms with van der Waals surface area (Å²) in [7, 11) is 0. The van der Waals surface area contributed by atoms with Gasteiger partial charge in [-0.25, -0.2) is 4.39 Å². The van der Waals surface area contributed by atoms with Crippen LogP contribution >= 0.6 is 11.6 Å². The zero-order valence-electron chi connectivity index (χ0n) is 11.6. The molecule has 0 spiro atoms. The highest BCUT2D eigenvalue weighted by Gasteiger charge is 2.01. The molecule has 5 heteroatoms. The molecule has 0 aliphatic rings. The summed E-state index contributed by atoms with van der Waals surface area (Å²) in [6, 6.07) is 11.6. The van der Waals surface area contributed by atoms with E-state index < -0.39 is 0 Å². The number of benzene rings is 2. The van der Waals surface area contributed by atoms with Crippen LogP contribution in [-0.4, -0.2) is 12.8 Å². The topological polar surface area (TPSA) is 30.8 Å². The van der Waals surface area contributed by atoms with Crippen LogP contribution in [0.1, 0.15) is 18.1 Å². The van der Waals surface area contributed by atoms with Gasteiger partial charge < -0.3 is 9.57 Å². The van der Waals surface area contributed by atoms with E-state index in [-0.39, 0.29) is 12.4 Å². The van der Waals surface area contributed by atoms with Crippen LogP contribution in [0.4, 0.5) is 4.39 Å². The molecule has 0 amide bonds. The third-order valence-corrected chi connectivity index (χ3v) is 3.05. The van der Waals surface area contributed by atoms with Gasteiger partial charge in [0.15, 0.2) is 0 Å². The van der Waals surface area contributed by atoms with Crippen LogP contribution in [-0.2, 0) is 11.4 Å². The largest absolute Gasteiger partial charge is 0.494 e. The van der Waals surface area contributed by atoms with Crippen molar-refractivity contribution in [3.63, 3.8) is 0 Å². The minimum atomic E-state index is -0.373. The summed E-state index contributed by atoms with van der Waals surface area (Å²) in [6.07, 6.45) is 1.59. The van der Waals surface area contributed by atoms with E-state index in [0.717, 1.165) is 11.3 Å². The van der Waals surface area contributed by atoms with E-state index in [1.165, 1.54) is 12.1 Å². The molecule has 2 rings (SSSR count). The molecule has 0 heterocycles. The lowest BCUT2D eigenvalue weighted by molar-refractivity contribution is 0.132. The smallest absolute Gasteiger partial charge is 0.143 e. The first kappa shape index (κ1) is 15.3. The average molecular weight is 308 g/mol. The Kier molecular flexibility index (Phi) is 5.58. The van der Waals surface area contributed by atoms with E-state index in [1.807, 2.05) is 31.2 Å². The zero-order chi connectivity index (χ0) is 15.1. The van der Waals surface area contributed by atoms with E-state index in [9.17, 15) is 4.39 Å². The normalized spacial score (nSPS) is 10.8. The van der Waals surface area contributed by atoms with E-state index in [0.29, 0.717) is 17.2 Å². The summed E-state index contributed by atoms with van der Waals surface area (Å²) >= 11 is 5.89. The minimum Gasteiger partial charge on any atom is -0.494 e. The molecule has 0 bridgehead atoms. The first-order chi connectivity index (χ1) is 10.2. The van der Waals surface area contributed by atoms with Gasteiger partial charge in [0.1, 0.15) is 18.2 Å². The zero-order valence-corrected chi connectivity index (χ0v) is 12.3. The first-order valence-corrected chi connectivity index (χ1v) is 6.89. The van der Waals surface area contributed by atoms with Crippen LogP contribution in [0.15, 0.2) is 47.6 Å². The average Bonchev–Trinajstić information content (AvgIpc) is 2.47. The molecule has 0 aliphatic carbocycles. The lowest BCUT2D eigenvalue weighted by atomic mass is 10.2. The summed E-state index contributed by atoms with van der Waals surface area (Å²) in [6.45, 7) is 2.76. The van der Waals surface area contributed by atoms with Crippen molar-refractivity contribution in [3.8, 4) is 5.75 Å². The molecule has 110 valence electrons. The number of oxime groups is 1. The van der Waals surface area contributed by atoms with E-state index >= 15 is 0 Å². The molecule has 21 heavy (non-hydrogen) atoms. The van der Waals surface area contributed by atoms with Gasteiger partial charge in [0.25, 0.3) is 0 Å². The number of ether oxygens (including phenoxy) is 1. The lowest BCUT2D eigenvalue weighted by Crippen LogP contribution is -1.92. The number of hydrogen-bond acceptors (Lipinski definition) is 3. The second kappa shape index (κ2) is 7.64. The highest BCUT2D eigenvalue weighted by molar-refractivity contribution is 6.31. The summed E-state index contributed by atoms with van der Waals surface area (Å²) < 4.78 is 18.2. The number of rotatable bonds is 6. The maximum absolute atomic E-state index is 12.9. The lowest BCUT2D eigenvalue weighted by Gasteiger charge is -2.03. The molecular weight excluding hydrogens is 293 g/mol. The standard InChI is InChI=1S/C16H15ClFNO2/c1-2-20-15-7-3-12(4-8-15)10-19-21-11-13-5-6-14(18)9-16(13)17/h3-10H,2,11H2,1H3. The molecule has 0 aromatic heterocycles. The Morgan fingerprint density at radius 1 is 1.19 bits per heavy atom. The minimum absolute atomic E-state index is 0.187. The molecule has 3 nitrogen and oxygen atoms in total. The Hall–Kier alpha value is -2.07. The van der Waals surface area contributed by atoms with Gasteiger partial charge in [-0.2, -0.15) is 0 Å². The van der Waals surface area contributed by atoms with Gasteiger partial charge in [0.2, 0.25) is 0 Å². The predicted molar refractivity (Wildman–Crippen MR) is 81.4 cm³/mol. The number of halogens is 2. The molecule has 0 radical (unpaired) electrons. The van der Waals surface area contributed by atoms with Crippen LogP contribution in [0, 0.1) is 5.82 Å². The van der Waals surface area contributed by atoms with Crippen molar-refractivity contribution >= 4 is 17.8 Å². The molecule has 0 saturated carbocycles. The number of nitrogens with zero attached hydrogens (tertiary/aromatic N) is 1. The molecule has 0 fully saturated rings. The quantitative estimate of drug-likeness (QED) is 0.584. The molecule has 2 aromatic rings. The van der Waals surface area contributed by atoms with Crippen molar-refractivity contribution in [1.82, 2.24) is 0 Å². The van der Waals surface area contributed by atoms with Crippen molar-refractivity contribution < 1.29 is 14.0 Å². The maximum Gasteiger partial charge on any atom is 0.143 e. The van der Waals surface area contributed by atoms with Crippen molar-refractivity contribution in [2.75, 3.05) is 6.61 Å². The second-order valence-electron chi connectivity index (χ2n) is 4.25. The van der Waals surface area contributed by atoms with Gasteiger partial charge in [-0.3, -0.25) is 0 Å². The Bertz CT molecular complexity index is 614. The molecule has 2 aromatic carbocycles.